The molecule has 4 nitrogen and oxygen atoms in total. The van der Waals surface area contributed by atoms with Gasteiger partial charge in [0.1, 0.15) is 10.9 Å². The largest absolute Gasteiger partial charge is 0.480 e. The molecular weight excluding hydrogens is 250 g/mol. The van der Waals surface area contributed by atoms with E-state index >= 15 is 0 Å². The van der Waals surface area contributed by atoms with Crippen molar-refractivity contribution in [2.75, 3.05) is 0 Å². The molecule has 0 fully saturated rings. The van der Waals surface area contributed by atoms with Crippen LogP contribution < -0.4 is 5.32 Å². The lowest BCUT2D eigenvalue weighted by Gasteiger charge is -2.12. The molecule has 0 spiro atoms. The predicted octanol–water partition coefficient (Wildman–Crippen LogP) is 2.38. The zero-order valence-electron chi connectivity index (χ0n) is 8.70. The van der Waals surface area contributed by atoms with Gasteiger partial charge >= 0.3 is 5.97 Å². The van der Waals surface area contributed by atoms with Gasteiger partial charge in [0.15, 0.2) is 0 Å². The van der Waals surface area contributed by atoms with Crippen LogP contribution in [0.3, 0.4) is 0 Å². The Morgan fingerprint density at radius 1 is 1.62 bits per heavy atom. The summed E-state index contributed by atoms with van der Waals surface area (Å²) in [6, 6.07) is 0.757. The average Bonchev–Trinajstić information content (AvgIpc) is 2.63. The number of nitrogens with one attached hydrogen (secondary N) is 1. The fraction of sp³-hybridized carbons (Fsp3) is 0.400. The Morgan fingerprint density at radius 3 is 2.75 bits per heavy atom. The molecule has 1 rings (SSSR count). The molecule has 1 atom stereocenters. The third-order valence-corrected chi connectivity index (χ3v) is 3.34. The summed E-state index contributed by atoms with van der Waals surface area (Å²) < 4.78 is 0. The van der Waals surface area contributed by atoms with Crippen molar-refractivity contribution in [3.05, 3.63) is 21.3 Å². The number of carboxylic acid groups (broad SMARTS) is 1. The van der Waals surface area contributed by atoms with Crippen LogP contribution in [0.2, 0.25) is 5.02 Å². The molecule has 16 heavy (non-hydrogen) atoms. The quantitative estimate of drug-likeness (QED) is 0.855. The highest BCUT2D eigenvalue weighted by molar-refractivity contribution is 7.12. The summed E-state index contributed by atoms with van der Waals surface area (Å²) >= 11 is 6.97. The van der Waals surface area contributed by atoms with Crippen molar-refractivity contribution in [1.29, 1.82) is 0 Å². The van der Waals surface area contributed by atoms with Crippen molar-refractivity contribution >= 4 is 34.8 Å². The first-order valence-electron chi connectivity index (χ1n) is 4.83. The number of amides is 1. The number of halogens is 1. The van der Waals surface area contributed by atoms with E-state index in [-0.39, 0.29) is 0 Å². The summed E-state index contributed by atoms with van der Waals surface area (Å²) in [6.07, 6.45) is 1.10. The average molecular weight is 262 g/mol. The minimum atomic E-state index is -1.03. The first kappa shape index (κ1) is 13.0. The first-order valence-corrected chi connectivity index (χ1v) is 6.08. The first-order chi connectivity index (χ1) is 7.56. The lowest BCUT2D eigenvalue weighted by Crippen LogP contribution is -2.40. The topological polar surface area (TPSA) is 66.4 Å². The molecule has 0 radical (unpaired) electrons. The van der Waals surface area contributed by atoms with Gasteiger partial charge in [-0.2, -0.15) is 0 Å². The van der Waals surface area contributed by atoms with Crippen LogP contribution in [0.4, 0.5) is 0 Å². The second-order valence-electron chi connectivity index (χ2n) is 3.25. The molecule has 0 aliphatic carbocycles. The van der Waals surface area contributed by atoms with E-state index in [1.165, 1.54) is 11.3 Å². The van der Waals surface area contributed by atoms with Crippen LogP contribution in [0.5, 0.6) is 0 Å². The van der Waals surface area contributed by atoms with Crippen LogP contribution in [0.15, 0.2) is 11.4 Å². The summed E-state index contributed by atoms with van der Waals surface area (Å²) in [5.41, 5.74) is 0. The van der Waals surface area contributed by atoms with Crippen LogP contribution in [0, 0.1) is 0 Å². The van der Waals surface area contributed by atoms with Crippen molar-refractivity contribution in [3.63, 3.8) is 0 Å². The van der Waals surface area contributed by atoms with Gasteiger partial charge in [-0.15, -0.1) is 11.3 Å². The van der Waals surface area contributed by atoms with Crippen molar-refractivity contribution in [3.8, 4) is 0 Å². The van der Waals surface area contributed by atoms with E-state index in [1.54, 1.807) is 11.4 Å². The normalized spacial score (nSPS) is 12.1. The Bertz CT molecular complexity index is 391. The molecule has 0 aliphatic rings. The number of carbonyl (C=O) groups excluding carboxylic acids is 1. The molecule has 1 unspecified atom stereocenters. The number of thiophene rings is 1. The lowest BCUT2D eigenvalue weighted by atomic mass is 10.1. The number of carbonyl (C=O) groups is 2. The van der Waals surface area contributed by atoms with Gasteiger partial charge in [0.25, 0.3) is 5.91 Å². The smallest absolute Gasteiger partial charge is 0.326 e. The van der Waals surface area contributed by atoms with Gasteiger partial charge in [0.2, 0.25) is 0 Å². The number of rotatable bonds is 5. The summed E-state index contributed by atoms with van der Waals surface area (Å²) in [5.74, 6) is -1.45. The number of aliphatic carboxylic acids is 1. The number of hydrogen-bond donors (Lipinski definition) is 2. The van der Waals surface area contributed by atoms with Gasteiger partial charge in [0.05, 0.1) is 5.02 Å². The molecule has 0 saturated heterocycles. The number of carboxylic acids is 1. The van der Waals surface area contributed by atoms with Gasteiger partial charge < -0.3 is 10.4 Å². The minimum absolute atomic E-state index is 0.350. The molecular formula is C10H12ClNO3S. The van der Waals surface area contributed by atoms with E-state index in [1.807, 2.05) is 6.92 Å². The predicted molar refractivity (Wildman–Crippen MR) is 63.1 cm³/mol. The molecule has 0 aliphatic heterocycles. The summed E-state index contributed by atoms with van der Waals surface area (Å²) in [6.45, 7) is 1.86. The maximum absolute atomic E-state index is 11.7. The highest BCUT2D eigenvalue weighted by Crippen LogP contribution is 2.21. The molecule has 0 bridgehead atoms. The second kappa shape index (κ2) is 5.86. The fourth-order valence-electron chi connectivity index (χ4n) is 1.23. The zero-order chi connectivity index (χ0) is 12.1. The van der Waals surface area contributed by atoms with Gasteiger partial charge in [-0.25, -0.2) is 4.79 Å². The van der Waals surface area contributed by atoms with E-state index < -0.39 is 17.9 Å². The Labute approximate surface area is 102 Å². The minimum Gasteiger partial charge on any atom is -0.480 e. The standard InChI is InChI=1S/C10H12ClNO3S/c1-2-3-7(10(14)15)12-9(13)8-6(11)4-5-16-8/h4-5,7H,2-3H2,1H3,(H,12,13)(H,14,15). The lowest BCUT2D eigenvalue weighted by molar-refractivity contribution is -0.139. The van der Waals surface area contributed by atoms with E-state index in [0.29, 0.717) is 22.7 Å². The van der Waals surface area contributed by atoms with Crippen molar-refractivity contribution < 1.29 is 14.7 Å². The third-order valence-electron chi connectivity index (χ3n) is 2.00. The maximum atomic E-state index is 11.7. The molecule has 1 heterocycles. The van der Waals surface area contributed by atoms with E-state index in [0.717, 1.165) is 0 Å². The van der Waals surface area contributed by atoms with Crippen LogP contribution in [-0.4, -0.2) is 23.0 Å². The molecule has 0 saturated carbocycles. The SMILES string of the molecule is CCCC(NC(=O)c1sccc1Cl)C(=O)O. The number of hydrogen-bond acceptors (Lipinski definition) is 3. The Hall–Kier alpha value is -1.07. The van der Waals surface area contributed by atoms with E-state index in [2.05, 4.69) is 5.32 Å². The van der Waals surface area contributed by atoms with Gasteiger partial charge in [-0.05, 0) is 17.9 Å². The molecule has 1 aromatic heterocycles. The van der Waals surface area contributed by atoms with Crippen LogP contribution >= 0.6 is 22.9 Å². The van der Waals surface area contributed by atoms with Crippen molar-refractivity contribution in [1.82, 2.24) is 5.32 Å². The molecule has 6 heteroatoms. The van der Waals surface area contributed by atoms with Gasteiger partial charge in [-0.3, -0.25) is 4.79 Å². The van der Waals surface area contributed by atoms with Crippen LogP contribution in [0.25, 0.3) is 0 Å². The van der Waals surface area contributed by atoms with E-state index in [4.69, 9.17) is 16.7 Å². The van der Waals surface area contributed by atoms with Crippen LogP contribution in [0.1, 0.15) is 29.4 Å². The fourth-order valence-corrected chi connectivity index (χ4v) is 2.27. The molecule has 2 N–H and O–H groups in total. The summed E-state index contributed by atoms with van der Waals surface area (Å²) in [4.78, 5) is 22.9. The Morgan fingerprint density at radius 2 is 2.31 bits per heavy atom. The molecule has 88 valence electrons. The molecule has 1 aromatic rings. The third kappa shape index (κ3) is 3.21. The van der Waals surface area contributed by atoms with E-state index in [9.17, 15) is 9.59 Å². The van der Waals surface area contributed by atoms with Gasteiger partial charge in [-0.1, -0.05) is 24.9 Å². The summed E-state index contributed by atoms with van der Waals surface area (Å²) in [5, 5.41) is 13.4. The highest BCUT2D eigenvalue weighted by Gasteiger charge is 2.21. The maximum Gasteiger partial charge on any atom is 0.326 e. The monoisotopic (exact) mass is 261 g/mol. The Kier molecular flexibility index (Phi) is 4.76. The van der Waals surface area contributed by atoms with Crippen molar-refractivity contribution in [2.45, 2.75) is 25.8 Å². The summed E-state index contributed by atoms with van der Waals surface area (Å²) in [7, 11) is 0. The zero-order valence-corrected chi connectivity index (χ0v) is 10.3. The van der Waals surface area contributed by atoms with Crippen molar-refractivity contribution in [2.24, 2.45) is 0 Å². The highest BCUT2D eigenvalue weighted by atomic mass is 35.5. The second-order valence-corrected chi connectivity index (χ2v) is 4.57. The van der Waals surface area contributed by atoms with Gasteiger partial charge in [0, 0.05) is 0 Å². The van der Waals surface area contributed by atoms with Crippen LogP contribution in [-0.2, 0) is 4.79 Å². The Balaban J connectivity index is 2.69. The molecule has 1 amide bonds. The molecule has 0 aromatic carbocycles.